The molecule has 1 heterocycles. The molecule has 2 amide bonds. The summed E-state index contributed by atoms with van der Waals surface area (Å²) in [4.78, 5) is 29.0. The first-order chi connectivity index (χ1) is 16.1. The fourth-order valence-corrected chi connectivity index (χ4v) is 3.97. The van der Waals surface area contributed by atoms with Crippen LogP contribution < -0.4 is 5.32 Å². The Morgan fingerprint density at radius 3 is 2.50 bits per heavy atom. The van der Waals surface area contributed by atoms with Crippen LogP contribution in [0.25, 0.3) is 0 Å². The predicted octanol–water partition coefficient (Wildman–Crippen LogP) is 3.74. The monoisotopic (exact) mass is 478 g/mol. The Morgan fingerprint density at radius 2 is 1.82 bits per heavy atom. The molecule has 3 rings (SSSR count). The van der Waals surface area contributed by atoms with Crippen LogP contribution in [0.4, 0.5) is 23.7 Å². The van der Waals surface area contributed by atoms with Gasteiger partial charge < -0.3 is 25.1 Å². The number of nitrogens with zero attached hydrogens (tertiary/aromatic N) is 3. The fourth-order valence-electron chi connectivity index (χ4n) is 3.97. The molecule has 7 nitrogen and oxygen atoms in total. The standard InChI is InChI=1S/C24H29F3N4O3/c1-29(2)12-13-30(16-18-6-3-4-8-20(18)24(25,26)27)22(32)14-28-21-9-5-7-17-15-31(23(33)34)11-10-19(17)21/h3-9,28H,10-16H2,1-2H3,(H,33,34). The molecule has 184 valence electrons. The first kappa shape index (κ1) is 25.4. The molecular formula is C24H29F3N4O3. The van der Waals surface area contributed by atoms with Crippen molar-refractivity contribution in [1.82, 2.24) is 14.7 Å². The number of benzene rings is 2. The number of carbonyl (C=O) groups excluding carboxylic acids is 1. The summed E-state index contributed by atoms with van der Waals surface area (Å²) < 4.78 is 40.4. The van der Waals surface area contributed by atoms with Crippen LogP contribution in [-0.2, 0) is 30.5 Å². The molecule has 0 saturated carbocycles. The number of amides is 2. The maximum atomic E-state index is 13.5. The van der Waals surface area contributed by atoms with Crippen LogP contribution in [0, 0.1) is 0 Å². The van der Waals surface area contributed by atoms with Crippen molar-refractivity contribution in [1.29, 1.82) is 0 Å². The van der Waals surface area contributed by atoms with E-state index in [1.54, 1.807) is 6.07 Å². The topological polar surface area (TPSA) is 76.1 Å². The molecule has 0 fully saturated rings. The van der Waals surface area contributed by atoms with Crippen LogP contribution in [0.3, 0.4) is 0 Å². The van der Waals surface area contributed by atoms with Crippen molar-refractivity contribution >= 4 is 17.7 Å². The van der Waals surface area contributed by atoms with Gasteiger partial charge in [-0.15, -0.1) is 0 Å². The summed E-state index contributed by atoms with van der Waals surface area (Å²) in [6.45, 7) is 1.19. The van der Waals surface area contributed by atoms with Gasteiger partial charge in [0.1, 0.15) is 0 Å². The van der Waals surface area contributed by atoms with Crippen LogP contribution in [0.5, 0.6) is 0 Å². The summed E-state index contributed by atoms with van der Waals surface area (Å²) in [6.07, 6.45) is -4.96. The summed E-state index contributed by atoms with van der Waals surface area (Å²) >= 11 is 0. The maximum Gasteiger partial charge on any atom is 0.416 e. The normalized spacial score (nSPS) is 13.5. The highest BCUT2D eigenvalue weighted by molar-refractivity contribution is 5.81. The number of carboxylic acid groups (broad SMARTS) is 1. The number of hydrogen-bond donors (Lipinski definition) is 2. The average molecular weight is 479 g/mol. The van der Waals surface area contributed by atoms with Gasteiger partial charge in [0, 0.05) is 38.4 Å². The zero-order valence-electron chi connectivity index (χ0n) is 19.2. The van der Waals surface area contributed by atoms with Gasteiger partial charge >= 0.3 is 12.3 Å². The van der Waals surface area contributed by atoms with E-state index < -0.39 is 17.8 Å². The Balaban J connectivity index is 1.74. The van der Waals surface area contributed by atoms with E-state index in [1.807, 2.05) is 31.1 Å². The molecule has 0 aromatic heterocycles. The minimum atomic E-state index is -4.50. The summed E-state index contributed by atoms with van der Waals surface area (Å²) in [7, 11) is 3.67. The SMILES string of the molecule is CN(C)CCN(Cc1ccccc1C(F)(F)F)C(=O)CNc1cccc2c1CCN(C(=O)O)C2. The third-order valence-electron chi connectivity index (χ3n) is 5.82. The molecule has 0 bridgehead atoms. The van der Waals surface area contributed by atoms with E-state index in [0.717, 1.165) is 22.9 Å². The number of anilines is 1. The van der Waals surface area contributed by atoms with E-state index in [4.69, 9.17) is 0 Å². The molecule has 2 aromatic rings. The molecule has 0 radical (unpaired) electrons. The van der Waals surface area contributed by atoms with Gasteiger partial charge in [0.2, 0.25) is 5.91 Å². The molecule has 0 spiro atoms. The van der Waals surface area contributed by atoms with E-state index in [2.05, 4.69) is 5.32 Å². The van der Waals surface area contributed by atoms with Gasteiger partial charge in [-0.1, -0.05) is 30.3 Å². The first-order valence-electron chi connectivity index (χ1n) is 11.0. The molecule has 2 aromatic carbocycles. The number of rotatable bonds is 8. The lowest BCUT2D eigenvalue weighted by Gasteiger charge is -2.29. The summed E-state index contributed by atoms with van der Waals surface area (Å²) in [5, 5.41) is 12.4. The van der Waals surface area contributed by atoms with Crippen molar-refractivity contribution in [3.8, 4) is 0 Å². The van der Waals surface area contributed by atoms with E-state index in [9.17, 15) is 27.9 Å². The van der Waals surface area contributed by atoms with Crippen LogP contribution in [0.2, 0.25) is 0 Å². The summed E-state index contributed by atoms with van der Waals surface area (Å²) in [5.41, 5.74) is 1.86. The molecule has 10 heteroatoms. The second-order valence-electron chi connectivity index (χ2n) is 8.52. The Morgan fingerprint density at radius 1 is 1.09 bits per heavy atom. The van der Waals surface area contributed by atoms with Gasteiger partial charge in [0.05, 0.1) is 12.1 Å². The average Bonchev–Trinajstić information content (AvgIpc) is 2.79. The number of alkyl halides is 3. The summed E-state index contributed by atoms with van der Waals surface area (Å²) in [6, 6.07) is 10.8. The molecule has 2 N–H and O–H groups in total. The quantitative estimate of drug-likeness (QED) is 0.605. The van der Waals surface area contributed by atoms with E-state index in [1.165, 1.54) is 28.0 Å². The molecule has 1 aliphatic rings. The molecular weight excluding hydrogens is 449 g/mol. The lowest BCUT2D eigenvalue weighted by Crippen LogP contribution is -2.40. The van der Waals surface area contributed by atoms with E-state index in [0.29, 0.717) is 19.5 Å². The van der Waals surface area contributed by atoms with Crippen LogP contribution >= 0.6 is 0 Å². The summed E-state index contributed by atoms with van der Waals surface area (Å²) in [5.74, 6) is -0.320. The number of halogens is 3. The number of carbonyl (C=O) groups is 2. The van der Waals surface area contributed by atoms with Gasteiger partial charge in [0.25, 0.3) is 0 Å². The smallest absolute Gasteiger partial charge is 0.416 e. The molecule has 0 unspecified atom stereocenters. The highest BCUT2D eigenvalue weighted by atomic mass is 19.4. The van der Waals surface area contributed by atoms with Crippen LogP contribution in [0.1, 0.15) is 22.3 Å². The minimum Gasteiger partial charge on any atom is -0.465 e. The van der Waals surface area contributed by atoms with Crippen LogP contribution in [-0.4, -0.2) is 72.1 Å². The molecule has 0 saturated heterocycles. The van der Waals surface area contributed by atoms with E-state index in [-0.39, 0.29) is 37.6 Å². The predicted molar refractivity (Wildman–Crippen MR) is 122 cm³/mol. The molecule has 1 aliphatic heterocycles. The number of hydrogen-bond acceptors (Lipinski definition) is 4. The van der Waals surface area contributed by atoms with Gasteiger partial charge in [-0.25, -0.2) is 4.79 Å². The van der Waals surface area contributed by atoms with Crippen molar-refractivity contribution in [2.75, 3.05) is 45.6 Å². The lowest BCUT2D eigenvalue weighted by molar-refractivity contribution is -0.139. The molecule has 0 aliphatic carbocycles. The van der Waals surface area contributed by atoms with Crippen molar-refractivity contribution in [2.45, 2.75) is 25.7 Å². The highest BCUT2D eigenvalue weighted by Crippen LogP contribution is 2.32. The third kappa shape index (κ3) is 6.40. The van der Waals surface area contributed by atoms with Crippen molar-refractivity contribution in [3.63, 3.8) is 0 Å². The number of nitrogens with one attached hydrogen (secondary N) is 1. The second-order valence-corrected chi connectivity index (χ2v) is 8.52. The van der Waals surface area contributed by atoms with E-state index >= 15 is 0 Å². The second kappa shape index (κ2) is 10.8. The Kier molecular flexibility index (Phi) is 8.03. The largest absolute Gasteiger partial charge is 0.465 e. The zero-order valence-corrected chi connectivity index (χ0v) is 19.2. The first-order valence-corrected chi connectivity index (χ1v) is 11.0. The van der Waals surface area contributed by atoms with Gasteiger partial charge in [-0.05, 0) is 49.3 Å². The molecule has 34 heavy (non-hydrogen) atoms. The molecule has 0 atom stereocenters. The highest BCUT2D eigenvalue weighted by Gasteiger charge is 2.33. The Bertz CT molecular complexity index is 1030. The van der Waals surface area contributed by atoms with Crippen LogP contribution in [0.15, 0.2) is 42.5 Å². The lowest BCUT2D eigenvalue weighted by atomic mass is 9.98. The van der Waals surface area contributed by atoms with Crippen molar-refractivity contribution in [2.24, 2.45) is 0 Å². The third-order valence-corrected chi connectivity index (χ3v) is 5.82. The fraction of sp³-hybridized carbons (Fsp3) is 0.417. The maximum absolute atomic E-state index is 13.5. The van der Waals surface area contributed by atoms with Crippen molar-refractivity contribution < 1.29 is 27.9 Å². The van der Waals surface area contributed by atoms with Crippen molar-refractivity contribution in [3.05, 3.63) is 64.7 Å². The minimum absolute atomic E-state index is 0.0490. The van der Waals surface area contributed by atoms with Gasteiger partial charge in [0.15, 0.2) is 0 Å². The number of fused-ring (bicyclic) bond motifs is 1. The zero-order chi connectivity index (χ0) is 24.9. The number of likely N-dealkylation sites (N-methyl/N-ethyl adjacent to an activating group) is 1. The Labute approximate surface area is 196 Å². The Hall–Kier alpha value is -3.27. The van der Waals surface area contributed by atoms with Gasteiger partial charge in [-0.2, -0.15) is 13.2 Å². The van der Waals surface area contributed by atoms with Gasteiger partial charge in [-0.3, -0.25) is 4.79 Å².